The van der Waals surface area contributed by atoms with Gasteiger partial charge in [-0.1, -0.05) is 62.4 Å². The van der Waals surface area contributed by atoms with Gasteiger partial charge in [-0.25, -0.2) is 4.79 Å². The molecule has 2 aliphatic heterocycles. The second kappa shape index (κ2) is 11.4. The predicted octanol–water partition coefficient (Wildman–Crippen LogP) is 5.34. The van der Waals surface area contributed by atoms with E-state index in [0.29, 0.717) is 30.1 Å². The van der Waals surface area contributed by atoms with E-state index in [1.54, 1.807) is 4.90 Å². The molecule has 2 aromatic carbocycles. The van der Waals surface area contributed by atoms with Gasteiger partial charge in [-0.15, -0.1) is 0 Å². The van der Waals surface area contributed by atoms with Crippen molar-refractivity contribution >= 4 is 17.8 Å². The molecule has 6 rings (SSSR count). The van der Waals surface area contributed by atoms with Gasteiger partial charge in [0.05, 0.1) is 7.11 Å². The largest absolute Gasteiger partial charge is 0.467 e. The predicted molar refractivity (Wildman–Crippen MR) is 161 cm³/mol. The maximum absolute atomic E-state index is 14.2. The molecule has 7 heteroatoms. The van der Waals surface area contributed by atoms with Gasteiger partial charge >= 0.3 is 5.97 Å². The molecular formula is C35H41N3O4. The summed E-state index contributed by atoms with van der Waals surface area (Å²) < 4.78 is 7.82. The quantitative estimate of drug-likeness (QED) is 0.345. The summed E-state index contributed by atoms with van der Waals surface area (Å²) in [6.07, 6.45) is 4.08. The van der Waals surface area contributed by atoms with Crippen molar-refractivity contribution in [3.8, 4) is 0 Å². The molecule has 2 fully saturated rings. The van der Waals surface area contributed by atoms with Crippen LogP contribution in [-0.2, 0) is 28.9 Å². The van der Waals surface area contributed by atoms with Gasteiger partial charge in [0.1, 0.15) is 5.69 Å². The highest BCUT2D eigenvalue weighted by atomic mass is 16.5. The minimum Gasteiger partial charge on any atom is -0.467 e. The summed E-state index contributed by atoms with van der Waals surface area (Å²) in [6.45, 7) is 7.19. The minimum atomic E-state index is -1.24. The van der Waals surface area contributed by atoms with E-state index < -0.39 is 11.5 Å². The fraction of sp³-hybridized carbons (Fsp3) is 0.457. The number of rotatable bonds is 8. The smallest absolute Gasteiger partial charge is 0.332 e. The second-order valence-electron chi connectivity index (χ2n) is 12.6. The summed E-state index contributed by atoms with van der Waals surface area (Å²) in [4.78, 5) is 46.0. The van der Waals surface area contributed by atoms with E-state index in [-0.39, 0.29) is 23.7 Å². The SMILES string of the molecule is COC(=O)[C@@]1(Cc2ccccc2)[C@H]2c3cc(C(=O)N4CCCC4)n(CCC(C)C)c3C[C@H]2CN1C(=O)c1ccccc1. The van der Waals surface area contributed by atoms with Gasteiger partial charge < -0.3 is 19.1 Å². The highest BCUT2D eigenvalue weighted by Crippen LogP contribution is 2.55. The lowest BCUT2D eigenvalue weighted by Gasteiger charge is -2.40. The first-order valence-electron chi connectivity index (χ1n) is 15.4. The van der Waals surface area contributed by atoms with E-state index in [0.717, 1.165) is 62.1 Å². The molecule has 3 aliphatic rings. The fourth-order valence-corrected chi connectivity index (χ4v) is 7.61. The molecule has 0 spiro atoms. The molecule has 3 atom stereocenters. The van der Waals surface area contributed by atoms with Gasteiger partial charge in [-0.2, -0.15) is 0 Å². The Bertz CT molecular complexity index is 1460. The molecule has 0 unspecified atom stereocenters. The lowest BCUT2D eigenvalue weighted by molar-refractivity contribution is -0.153. The van der Waals surface area contributed by atoms with Crippen LogP contribution in [0.3, 0.4) is 0 Å². The molecule has 3 aromatic rings. The third kappa shape index (κ3) is 4.73. The number of carbonyl (C=O) groups is 3. The summed E-state index contributed by atoms with van der Waals surface area (Å²) in [6, 6.07) is 21.2. The second-order valence-corrected chi connectivity index (χ2v) is 12.6. The number of amides is 2. The number of likely N-dealkylation sites (tertiary alicyclic amines) is 2. The van der Waals surface area contributed by atoms with E-state index in [1.807, 2.05) is 65.6 Å². The zero-order valence-electron chi connectivity index (χ0n) is 24.9. The third-order valence-corrected chi connectivity index (χ3v) is 9.58. The summed E-state index contributed by atoms with van der Waals surface area (Å²) >= 11 is 0. The number of ether oxygens (including phenoxy) is 1. The Kier molecular flexibility index (Phi) is 7.69. The van der Waals surface area contributed by atoms with E-state index >= 15 is 0 Å². The number of fused-ring (bicyclic) bond motifs is 3. The normalized spacial score (nSPS) is 22.9. The standard InChI is InChI=1S/C35H41N3O4/c1-24(2)16-19-37-29-20-27-23-38(32(39)26-14-8-5-9-15-26)35(34(41)42-3,22-25-12-6-4-7-13-25)31(27)28(29)21-30(37)33(40)36-17-10-11-18-36/h4-9,12-15,21,24,27,31H,10-11,16-20,22-23H2,1-3H3/t27-,31+,35+/m0/s1. The molecule has 3 heterocycles. The maximum Gasteiger partial charge on any atom is 0.332 e. The molecular weight excluding hydrogens is 526 g/mol. The van der Waals surface area contributed by atoms with Crippen LogP contribution in [0.15, 0.2) is 66.7 Å². The van der Waals surface area contributed by atoms with Crippen molar-refractivity contribution in [2.45, 2.75) is 64.0 Å². The zero-order chi connectivity index (χ0) is 29.4. The molecule has 2 amide bonds. The van der Waals surface area contributed by atoms with Crippen molar-refractivity contribution in [3.05, 3.63) is 94.8 Å². The minimum absolute atomic E-state index is 0.0479. The molecule has 0 radical (unpaired) electrons. The van der Waals surface area contributed by atoms with Crippen LogP contribution in [0, 0.1) is 11.8 Å². The average molecular weight is 568 g/mol. The Labute approximate surface area is 248 Å². The number of benzene rings is 2. The maximum atomic E-state index is 14.2. The number of nitrogens with zero attached hydrogens (tertiary/aromatic N) is 3. The number of esters is 1. The van der Waals surface area contributed by atoms with Crippen LogP contribution in [-0.4, -0.2) is 64.4 Å². The first kappa shape index (κ1) is 28.3. The van der Waals surface area contributed by atoms with Crippen LogP contribution in [0.5, 0.6) is 0 Å². The van der Waals surface area contributed by atoms with E-state index in [4.69, 9.17) is 4.74 Å². The van der Waals surface area contributed by atoms with Crippen molar-refractivity contribution in [1.29, 1.82) is 0 Å². The monoisotopic (exact) mass is 567 g/mol. The molecule has 0 N–H and O–H groups in total. The molecule has 0 bridgehead atoms. The van der Waals surface area contributed by atoms with Gasteiger partial charge in [-0.3, -0.25) is 9.59 Å². The summed E-state index contributed by atoms with van der Waals surface area (Å²) in [5.74, 6) is -0.238. The number of hydrogen-bond acceptors (Lipinski definition) is 4. The lowest BCUT2D eigenvalue weighted by atomic mass is 9.75. The number of carbonyl (C=O) groups excluding carboxylic acids is 3. The average Bonchev–Trinajstić information content (AvgIpc) is 3.79. The lowest BCUT2D eigenvalue weighted by Crippen LogP contribution is -2.58. The topological polar surface area (TPSA) is 71.9 Å². The molecule has 220 valence electrons. The molecule has 2 saturated heterocycles. The molecule has 42 heavy (non-hydrogen) atoms. The van der Waals surface area contributed by atoms with Crippen LogP contribution in [0.25, 0.3) is 0 Å². The van der Waals surface area contributed by atoms with Crippen molar-refractivity contribution in [1.82, 2.24) is 14.4 Å². The number of hydrogen-bond donors (Lipinski definition) is 0. The molecule has 0 saturated carbocycles. The van der Waals surface area contributed by atoms with Gasteiger partial charge in [-0.05, 0) is 66.8 Å². The number of aromatic nitrogens is 1. The van der Waals surface area contributed by atoms with Crippen LogP contribution < -0.4 is 0 Å². The molecule has 1 aliphatic carbocycles. The Morgan fingerprint density at radius 1 is 0.952 bits per heavy atom. The van der Waals surface area contributed by atoms with Crippen LogP contribution >= 0.6 is 0 Å². The Morgan fingerprint density at radius 3 is 2.26 bits per heavy atom. The Morgan fingerprint density at radius 2 is 1.62 bits per heavy atom. The number of methoxy groups -OCH3 is 1. The van der Waals surface area contributed by atoms with Crippen molar-refractivity contribution < 1.29 is 19.1 Å². The van der Waals surface area contributed by atoms with E-state index in [9.17, 15) is 14.4 Å². The van der Waals surface area contributed by atoms with Crippen LogP contribution in [0.4, 0.5) is 0 Å². The van der Waals surface area contributed by atoms with Crippen LogP contribution in [0.1, 0.15) is 76.7 Å². The van der Waals surface area contributed by atoms with Crippen LogP contribution in [0.2, 0.25) is 0 Å². The summed E-state index contributed by atoms with van der Waals surface area (Å²) in [7, 11) is 1.42. The molecule has 7 nitrogen and oxygen atoms in total. The first-order valence-corrected chi connectivity index (χ1v) is 15.4. The van der Waals surface area contributed by atoms with Gasteiger partial charge in [0.2, 0.25) is 0 Å². The zero-order valence-corrected chi connectivity index (χ0v) is 24.9. The van der Waals surface area contributed by atoms with Crippen molar-refractivity contribution in [2.24, 2.45) is 11.8 Å². The Hall–Kier alpha value is -3.87. The fourth-order valence-electron chi connectivity index (χ4n) is 7.61. The van der Waals surface area contributed by atoms with Gasteiger partial charge in [0.15, 0.2) is 5.54 Å². The van der Waals surface area contributed by atoms with Gasteiger partial charge in [0, 0.05) is 49.8 Å². The Balaban J connectivity index is 1.50. The highest BCUT2D eigenvalue weighted by molar-refractivity contribution is 6.00. The van der Waals surface area contributed by atoms with Crippen molar-refractivity contribution in [3.63, 3.8) is 0 Å². The first-order chi connectivity index (χ1) is 20.3. The third-order valence-electron chi connectivity index (χ3n) is 9.58. The summed E-state index contributed by atoms with van der Waals surface area (Å²) in [5.41, 5.74) is 3.16. The van der Waals surface area contributed by atoms with Gasteiger partial charge in [0.25, 0.3) is 11.8 Å². The van der Waals surface area contributed by atoms with E-state index in [1.165, 1.54) is 7.11 Å². The summed E-state index contributed by atoms with van der Waals surface area (Å²) in [5, 5.41) is 0. The van der Waals surface area contributed by atoms with E-state index in [2.05, 4.69) is 24.5 Å². The van der Waals surface area contributed by atoms with Crippen molar-refractivity contribution in [2.75, 3.05) is 26.7 Å². The highest BCUT2D eigenvalue weighted by Gasteiger charge is 2.64. The molecule has 1 aromatic heterocycles.